The second kappa shape index (κ2) is 5.61. The standard InChI is InChI=1S/C15H15FN2O/c1-10-5-6-14(16)13(8-10)15(19)18-11(2)12-4-3-7-17-9-12/h3-9,11H,1-2H3,(H,18,19). The molecule has 0 bridgehead atoms. The number of amides is 1. The smallest absolute Gasteiger partial charge is 0.254 e. The summed E-state index contributed by atoms with van der Waals surface area (Å²) < 4.78 is 13.6. The molecule has 0 spiro atoms. The molecule has 0 saturated heterocycles. The topological polar surface area (TPSA) is 42.0 Å². The largest absolute Gasteiger partial charge is 0.345 e. The molecule has 1 unspecified atom stereocenters. The summed E-state index contributed by atoms with van der Waals surface area (Å²) in [6, 6.07) is 7.92. The van der Waals surface area contributed by atoms with E-state index < -0.39 is 11.7 Å². The molecule has 0 aliphatic heterocycles. The molecular formula is C15H15FN2O. The molecule has 1 atom stereocenters. The van der Waals surface area contributed by atoms with Gasteiger partial charge in [0.2, 0.25) is 0 Å². The van der Waals surface area contributed by atoms with Gasteiger partial charge in [-0.05, 0) is 37.6 Å². The normalized spacial score (nSPS) is 11.9. The Morgan fingerprint density at radius 3 is 2.84 bits per heavy atom. The molecule has 0 fully saturated rings. The van der Waals surface area contributed by atoms with E-state index in [9.17, 15) is 9.18 Å². The van der Waals surface area contributed by atoms with Gasteiger partial charge in [-0.3, -0.25) is 9.78 Å². The minimum atomic E-state index is -0.513. The van der Waals surface area contributed by atoms with Crippen LogP contribution in [0.25, 0.3) is 0 Å². The predicted molar refractivity (Wildman–Crippen MR) is 71.3 cm³/mol. The molecular weight excluding hydrogens is 243 g/mol. The number of aryl methyl sites for hydroxylation is 1. The fourth-order valence-corrected chi connectivity index (χ4v) is 1.80. The number of nitrogens with one attached hydrogen (secondary N) is 1. The van der Waals surface area contributed by atoms with Crippen molar-refractivity contribution < 1.29 is 9.18 Å². The maximum atomic E-state index is 13.6. The molecule has 1 N–H and O–H groups in total. The number of hydrogen-bond acceptors (Lipinski definition) is 2. The van der Waals surface area contributed by atoms with E-state index in [1.54, 1.807) is 30.6 Å². The van der Waals surface area contributed by atoms with Gasteiger partial charge in [0.05, 0.1) is 11.6 Å². The van der Waals surface area contributed by atoms with Gasteiger partial charge in [0, 0.05) is 12.4 Å². The Hall–Kier alpha value is -2.23. The van der Waals surface area contributed by atoms with Crippen molar-refractivity contribution in [3.63, 3.8) is 0 Å². The van der Waals surface area contributed by atoms with E-state index in [-0.39, 0.29) is 11.6 Å². The van der Waals surface area contributed by atoms with Crippen molar-refractivity contribution in [2.75, 3.05) is 0 Å². The number of pyridine rings is 1. The van der Waals surface area contributed by atoms with Crippen LogP contribution in [0.2, 0.25) is 0 Å². The number of halogens is 1. The van der Waals surface area contributed by atoms with E-state index in [0.29, 0.717) is 0 Å². The second-order valence-electron chi connectivity index (χ2n) is 4.46. The highest BCUT2D eigenvalue weighted by molar-refractivity contribution is 5.94. The summed E-state index contributed by atoms with van der Waals surface area (Å²) in [5.74, 6) is -0.931. The average Bonchev–Trinajstić information content (AvgIpc) is 2.42. The lowest BCUT2D eigenvalue weighted by Gasteiger charge is -2.14. The summed E-state index contributed by atoms with van der Waals surface area (Å²) in [7, 11) is 0. The monoisotopic (exact) mass is 258 g/mol. The van der Waals surface area contributed by atoms with E-state index in [1.807, 2.05) is 19.9 Å². The predicted octanol–water partition coefficient (Wildman–Crippen LogP) is 3.02. The lowest BCUT2D eigenvalue weighted by Crippen LogP contribution is -2.27. The van der Waals surface area contributed by atoms with Crippen LogP contribution < -0.4 is 5.32 Å². The number of benzene rings is 1. The molecule has 1 heterocycles. The van der Waals surface area contributed by atoms with Gasteiger partial charge in [-0.25, -0.2) is 4.39 Å². The lowest BCUT2D eigenvalue weighted by molar-refractivity contribution is 0.0935. The van der Waals surface area contributed by atoms with Crippen LogP contribution in [0.5, 0.6) is 0 Å². The van der Waals surface area contributed by atoms with Crippen LogP contribution >= 0.6 is 0 Å². The Bertz CT molecular complexity index is 584. The fraction of sp³-hybridized carbons (Fsp3) is 0.200. The Morgan fingerprint density at radius 1 is 1.37 bits per heavy atom. The van der Waals surface area contributed by atoms with Gasteiger partial charge in [-0.15, -0.1) is 0 Å². The van der Waals surface area contributed by atoms with Crippen LogP contribution in [0.1, 0.15) is 34.5 Å². The highest BCUT2D eigenvalue weighted by atomic mass is 19.1. The molecule has 1 amide bonds. The number of carbonyl (C=O) groups is 1. The van der Waals surface area contributed by atoms with E-state index >= 15 is 0 Å². The van der Waals surface area contributed by atoms with Gasteiger partial charge >= 0.3 is 0 Å². The number of rotatable bonds is 3. The van der Waals surface area contributed by atoms with E-state index in [0.717, 1.165) is 11.1 Å². The molecule has 0 aliphatic carbocycles. The number of nitrogens with zero attached hydrogens (tertiary/aromatic N) is 1. The van der Waals surface area contributed by atoms with Crippen molar-refractivity contribution >= 4 is 5.91 Å². The Kier molecular flexibility index (Phi) is 3.90. The number of carbonyl (C=O) groups excluding carboxylic acids is 1. The Labute approximate surface area is 111 Å². The third-order valence-corrected chi connectivity index (χ3v) is 2.90. The highest BCUT2D eigenvalue weighted by Gasteiger charge is 2.15. The van der Waals surface area contributed by atoms with Crippen molar-refractivity contribution in [3.05, 3.63) is 65.2 Å². The van der Waals surface area contributed by atoms with E-state index in [4.69, 9.17) is 0 Å². The van der Waals surface area contributed by atoms with Gasteiger partial charge in [-0.1, -0.05) is 17.7 Å². The molecule has 4 heteroatoms. The van der Waals surface area contributed by atoms with Crippen LogP contribution in [0.4, 0.5) is 4.39 Å². The minimum absolute atomic E-state index is 0.0655. The van der Waals surface area contributed by atoms with Crippen molar-refractivity contribution in [2.45, 2.75) is 19.9 Å². The van der Waals surface area contributed by atoms with E-state index in [1.165, 1.54) is 6.07 Å². The Balaban J connectivity index is 2.15. The number of aromatic nitrogens is 1. The van der Waals surface area contributed by atoms with Crippen molar-refractivity contribution in [3.8, 4) is 0 Å². The van der Waals surface area contributed by atoms with Gasteiger partial charge in [0.25, 0.3) is 5.91 Å². The minimum Gasteiger partial charge on any atom is -0.345 e. The molecule has 19 heavy (non-hydrogen) atoms. The third kappa shape index (κ3) is 3.16. The van der Waals surface area contributed by atoms with Crippen LogP contribution in [0.3, 0.4) is 0 Å². The molecule has 1 aromatic heterocycles. The van der Waals surface area contributed by atoms with Gasteiger partial charge in [0.1, 0.15) is 5.82 Å². The van der Waals surface area contributed by atoms with Gasteiger partial charge < -0.3 is 5.32 Å². The summed E-state index contributed by atoms with van der Waals surface area (Å²) in [6.07, 6.45) is 3.34. The molecule has 0 saturated carbocycles. The summed E-state index contributed by atoms with van der Waals surface area (Å²) in [4.78, 5) is 16.0. The molecule has 98 valence electrons. The molecule has 2 aromatic rings. The SMILES string of the molecule is Cc1ccc(F)c(C(=O)NC(C)c2cccnc2)c1. The van der Waals surface area contributed by atoms with Crippen molar-refractivity contribution in [1.29, 1.82) is 0 Å². The van der Waals surface area contributed by atoms with Crippen LogP contribution in [0, 0.1) is 12.7 Å². The molecule has 0 aliphatic rings. The van der Waals surface area contributed by atoms with Gasteiger partial charge in [-0.2, -0.15) is 0 Å². The van der Waals surface area contributed by atoms with Crippen LogP contribution in [-0.2, 0) is 0 Å². The lowest BCUT2D eigenvalue weighted by atomic mass is 10.1. The zero-order valence-electron chi connectivity index (χ0n) is 10.9. The zero-order valence-corrected chi connectivity index (χ0v) is 10.9. The summed E-state index contributed by atoms with van der Waals surface area (Å²) in [5, 5.41) is 2.76. The first-order valence-corrected chi connectivity index (χ1v) is 6.05. The molecule has 3 nitrogen and oxygen atoms in total. The molecule has 1 aromatic carbocycles. The first-order chi connectivity index (χ1) is 9.08. The second-order valence-corrected chi connectivity index (χ2v) is 4.46. The summed E-state index contributed by atoms with van der Waals surface area (Å²) in [6.45, 7) is 3.66. The fourth-order valence-electron chi connectivity index (χ4n) is 1.80. The first kappa shape index (κ1) is 13.2. The number of hydrogen-bond donors (Lipinski definition) is 1. The Morgan fingerprint density at radius 2 is 2.16 bits per heavy atom. The third-order valence-electron chi connectivity index (χ3n) is 2.90. The zero-order chi connectivity index (χ0) is 13.8. The van der Waals surface area contributed by atoms with Crippen molar-refractivity contribution in [1.82, 2.24) is 10.3 Å². The summed E-state index contributed by atoms with van der Waals surface area (Å²) in [5.41, 5.74) is 1.79. The molecule has 2 rings (SSSR count). The van der Waals surface area contributed by atoms with Crippen LogP contribution in [-0.4, -0.2) is 10.9 Å². The quantitative estimate of drug-likeness (QED) is 0.919. The van der Waals surface area contributed by atoms with Gasteiger partial charge in [0.15, 0.2) is 0 Å². The molecule has 0 radical (unpaired) electrons. The van der Waals surface area contributed by atoms with Crippen molar-refractivity contribution in [2.24, 2.45) is 0 Å². The van der Waals surface area contributed by atoms with Crippen LogP contribution in [0.15, 0.2) is 42.7 Å². The highest BCUT2D eigenvalue weighted by Crippen LogP contribution is 2.14. The van der Waals surface area contributed by atoms with E-state index in [2.05, 4.69) is 10.3 Å². The maximum Gasteiger partial charge on any atom is 0.254 e. The summed E-state index contributed by atoms with van der Waals surface area (Å²) >= 11 is 0. The average molecular weight is 258 g/mol. The first-order valence-electron chi connectivity index (χ1n) is 6.05. The maximum absolute atomic E-state index is 13.6.